The number of hydrogen-bond acceptors (Lipinski definition) is 4. The summed E-state index contributed by atoms with van der Waals surface area (Å²) >= 11 is 0. The van der Waals surface area contributed by atoms with Gasteiger partial charge in [-0.05, 0) is 30.9 Å². The predicted molar refractivity (Wildman–Crippen MR) is 111 cm³/mol. The van der Waals surface area contributed by atoms with E-state index in [0.29, 0.717) is 11.6 Å². The van der Waals surface area contributed by atoms with Gasteiger partial charge in [-0.2, -0.15) is 5.10 Å². The van der Waals surface area contributed by atoms with Gasteiger partial charge in [0.05, 0.1) is 5.70 Å². The van der Waals surface area contributed by atoms with E-state index in [1.165, 1.54) is 25.6 Å². The normalized spacial score (nSPS) is 17.2. The second-order valence-electron chi connectivity index (χ2n) is 8.47. The second kappa shape index (κ2) is 9.04. The van der Waals surface area contributed by atoms with Crippen molar-refractivity contribution in [2.75, 3.05) is 5.32 Å². The molecule has 6 nitrogen and oxygen atoms in total. The van der Waals surface area contributed by atoms with E-state index < -0.39 is 12.2 Å². The molecule has 0 aliphatic heterocycles. The van der Waals surface area contributed by atoms with Crippen molar-refractivity contribution >= 4 is 17.5 Å². The van der Waals surface area contributed by atoms with Crippen molar-refractivity contribution < 1.29 is 9.53 Å². The molecule has 1 atom stereocenters. The van der Waals surface area contributed by atoms with E-state index in [1.807, 2.05) is 30.3 Å². The Bertz CT molecular complexity index is 773. The molecule has 1 aromatic carbocycles. The van der Waals surface area contributed by atoms with Gasteiger partial charge in [0.15, 0.2) is 6.10 Å². The fraction of sp³-hybridized carbons (Fsp3) is 0.500. The van der Waals surface area contributed by atoms with Crippen molar-refractivity contribution in [1.29, 1.82) is 0 Å². The molecule has 1 fully saturated rings. The molecule has 1 aliphatic rings. The van der Waals surface area contributed by atoms with E-state index in [2.05, 4.69) is 42.2 Å². The van der Waals surface area contributed by atoms with Crippen LogP contribution in [0.5, 0.6) is 0 Å². The molecule has 2 aromatic rings. The SMILES string of the molecule is CC(C)(C)C(OC(=O)Nc1ccccc1)/C(=C/C1CCCCC1)n1cncn1. The minimum Gasteiger partial charge on any atom is -0.439 e. The first-order valence-electron chi connectivity index (χ1n) is 10.0. The number of para-hydroxylation sites is 1. The Labute approximate surface area is 167 Å². The Kier molecular flexibility index (Phi) is 6.49. The molecule has 3 rings (SSSR count). The molecule has 6 heteroatoms. The number of nitrogens with one attached hydrogen (secondary N) is 1. The quantitative estimate of drug-likeness (QED) is 0.755. The Morgan fingerprint density at radius 2 is 1.93 bits per heavy atom. The van der Waals surface area contributed by atoms with Gasteiger partial charge < -0.3 is 4.74 Å². The first-order chi connectivity index (χ1) is 13.4. The van der Waals surface area contributed by atoms with Crippen molar-refractivity contribution in [1.82, 2.24) is 14.8 Å². The number of anilines is 1. The van der Waals surface area contributed by atoms with E-state index in [-0.39, 0.29) is 5.41 Å². The van der Waals surface area contributed by atoms with Gasteiger partial charge in [-0.25, -0.2) is 14.5 Å². The molecular weight excluding hydrogens is 352 g/mol. The molecule has 1 saturated carbocycles. The molecule has 1 N–H and O–H groups in total. The number of amides is 1. The average Bonchev–Trinajstić information content (AvgIpc) is 3.20. The van der Waals surface area contributed by atoms with Crippen molar-refractivity contribution in [3.8, 4) is 0 Å². The summed E-state index contributed by atoms with van der Waals surface area (Å²) in [5, 5.41) is 7.15. The van der Waals surface area contributed by atoms with Gasteiger partial charge in [0.25, 0.3) is 0 Å². The lowest BCUT2D eigenvalue weighted by Crippen LogP contribution is -2.36. The van der Waals surface area contributed by atoms with Gasteiger partial charge in [-0.15, -0.1) is 0 Å². The number of allylic oxidation sites excluding steroid dienone is 1. The van der Waals surface area contributed by atoms with Crippen LogP contribution in [0.4, 0.5) is 10.5 Å². The highest BCUT2D eigenvalue weighted by Crippen LogP contribution is 2.34. The topological polar surface area (TPSA) is 69.0 Å². The summed E-state index contributed by atoms with van der Waals surface area (Å²) in [5.74, 6) is 0.471. The van der Waals surface area contributed by atoms with Crippen LogP contribution in [-0.4, -0.2) is 27.0 Å². The lowest BCUT2D eigenvalue weighted by molar-refractivity contribution is 0.0733. The zero-order valence-electron chi connectivity index (χ0n) is 17.0. The largest absolute Gasteiger partial charge is 0.439 e. The third-order valence-electron chi connectivity index (χ3n) is 5.04. The van der Waals surface area contributed by atoms with Crippen molar-refractivity contribution in [3.05, 3.63) is 49.1 Å². The van der Waals surface area contributed by atoms with Crippen LogP contribution >= 0.6 is 0 Å². The highest BCUT2D eigenvalue weighted by molar-refractivity contribution is 5.85. The molecular formula is C22H30N4O2. The van der Waals surface area contributed by atoms with E-state index >= 15 is 0 Å². The average molecular weight is 383 g/mol. The minimum absolute atomic E-state index is 0.305. The van der Waals surface area contributed by atoms with Crippen LogP contribution in [0.2, 0.25) is 0 Å². The Morgan fingerprint density at radius 1 is 1.21 bits per heavy atom. The lowest BCUT2D eigenvalue weighted by atomic mass is 9.83. The summed E-state index contributed by atoms with van der Waals surface area (Å²) in [7, 11) is 0. The maximum absolute atomic E-state index is 12.6. The van der Waals surface area contributed by atoms with Crippen LogP contribution in [0.1, 0.15) is 52.9 Å². The van der Waals surface area contributed by atoms with Crippen LogP contribution in [0.3, 0.4) is 0 Å². The zero-order chi connectivity index (χ0) is 20.0. The fourth-order valence-corrected chi connectivity index (χ4v) is 3.62. The van der Waals surface area contributed by atoms with Crippen LogP contribution in [0.15, 0.2) is 49.1 Å². The number of aromatic nitrogens is 3. The van der Waals surface area contributed by atoms with Gasteiger partial charge in [-0.1, -0.05) is 64.3 Å². The molecule has 0 saturated heterocycles. The van der Waals surface area contributed by atoms with E-state index in [1.54, 1.807) is 11.0 Å². The zero-order valence-corrected chi connectivity index (χ0v) is 17.0. The number of nitrogens with zero attached hydrogens (tertiary/aromatic N) is 3. The van der Waals surface area contributed by atoms with Crippen LogP contribution in [0, 0.1) is 11.3 Å². The van der Waals surface area contributed by atoms with E-state index in [9.17, 15) is 4.79 Å². The van der Waals surface area contributed by atoms with E-state index in [4.69, 9.17) is 4.74 Å². The number of carbonyl (C=O) groups is 1. The molecule has 1 unspecified atom stereocenters. The van der Waals surface area contributed by atoms with Gasteiger partial charge in [0, 0.05) is 11.1 Å². The molecule has 1 aromatic heterocycles. The first-order valence-corrected chi connectivity index (χ1v) is 10.0. The minimum atomic E-state index is -0.471. The first kappa shape index (κ1) is 20.1. The molecule has 1 heterocycles. The maximum Gasteiger partial charge on any atom is 0.412 e. The lowest BCUT2D eigenvalue weighted by Gasteiger charge is -2.33. The predicted octanol–water partition coefficient (Wildman–Crippen LogP) is 5.36. The van der Waals surface area contributed by atoms with Crippen LogP contribution < -0.4 is 5.32 Å². The summed E-state index contributed by atoms with van der Waals surface area (Å²) in [6, 6.07) is 9.33. The van der Waals surface area contributed by atoms with Crippen LogP contribution in [-0.2, 0) is 4.74 Å². The fourth-order valence-electron chi connectivity index (χ4n) is 3.62. The summed E-state index contributed by atoms with van der Waals surface area (Å²) in [4.78, 5) is 16.7. The van der Waals surface area contributed by atoms with Gasteiger partial charge in [-0.3, -0.25) is 5.32 Å². The molecule has 0 bridgehead atoms. The van der Waals surface area contributed by atoms with Gasteiger partial charge in [0.1, 0.15) is 12.7 Å². The van der Waals surface area contributed by atoms with Crippen molar-refractivity contribution in [2.24, 2.45) is 11.3 Å². The molecule has 150 valence electrons. The third-order valence-corrected chi connectivity index (χ3v) is 5.04. The van der Waals surface area contributed by atoms with Gasteiger partial charge >= 0.3 is 6.09 Å². The number of carbonyl (C=O) groups excluding carboxylic acids is 1. The van der Waals surface area contributed by atoms with Crippen molar-refractivity contribution in [3.63, 3.8) is 0 Å². The molecule has 0 spiro atoms. The summed E-state index contributed by atoms with van der Waals surface area (Å²) in [6.07, 6.45) is 10.6. The van der Waals surface area contributed by atoms with E-state index in [0.717, 1.165) is 18.5 Å². The standard InChI is InChI=1S/C22H30N4O2/c1-22(2,3)20(28-21(27)25-18-12-8-5-9-13-18)19(26-16-23-15-24-26)14-17-10-6-4-7-11-17/h5,8-9,12-17,20H,4,6-7,10-11H2,1-3H3,(H,25,27)/b19-14-. The second-order valence-corrected chi connectivity index (χ2v) is 8.47. The molecule has 28 heavy (non-hydrogen) atoms. The van der Waals surface area contributed by atoms with Gasteiger partial charge in [0.2, 0.25) is 0 Å². The summed E-state index contributed by atoms with van der Waals surface area (Å²) in [6.45, 7) is 6.21. The monoisotopic (exact) mass is 382 g/mol. The number of benzene rings is 1. The summed E-state index contributed by atoms with van der Waals surface area (Å²) < 4.78 is 7.68. The Balaban J connectivity index is 1.85. The highest BCUT2D eigenvalue weighted by Gasteiger charge is 2.34. The number of hydrogen-bond donors (Lipinski definition) is 1. The molecule has 1 aliphatic carbocycles. The Morgan fingerprint density at radius 3 is 2.54 bits per heavy atom. The molecule has 0 radical (unpaired) electrons. The summed E-state index contributed by atoms with van der Waals surface area (Å²) in [5.41, 5.74) is 1.28. The maximum atomic E-state index is 12.6. The number of rotatable bonds is 5. The molecule has 1 amide bonds. The smallest absolute Gasteiger partial charge is 0.412 e. The number of ether oxygens (including phenoxy) is 1. The van der Waals surface area contributed by atoms with Crippen LogP contribution in [0.25, 0.3) is 5.70 Å². The Hall–Kier alpha value is -2.63. The third kappa shape index (κ3) is 5.44. The highest BCUT2D eigenvalue weighted by atomic mass is 16.6. The van der Waals surface area contributed by atoms with Crippen molar-refractivity contribution in [2.45, 2.75) is 59.0 Å².